The molecule has 1 N–H and O–H groups in total. The van der Waals surface area contributed by atoms with Crippen molar-refractivity contribution in [3.8, 4) is 0 Å². The molecule has 2 atom stereocenters. The van der Waals surface area contributed by atoms with Crippen molar-refractivity contribution in [2.24, 2.45) is 0 Å². The molecule has 0 radical (unpaired) electrons. The Labute approximate surface area is 148 Å². The van der Waals surface area contributed by atoms with E-state index in [1.807, 2.05) is 0 Å². The summed E-state index contributed by atoms with van der Waals surface area (Å²) in [5, 5.41) is 8.92. The van der Waals surface area contributed by atoms with Crippen LogP contribution >= 0.6 is 0 Å². The van der Waals surface area contributed by atoms with Gasteiger partial charge in [0.2, 0.25) is 0 Å². The molecule has 0 bridgehead atoms. The van der Waals surface area contributed by atoms with Gasteiger partial charge in [0.1, 0.15) is 17.7 Å². The topological polar surface area (TPSA) is 87.2 Å². The van der Waals surface area contributed by atoms with Crippen molar-refractivity contribution in [1.29, 1.82) is 0 Å². The van der Waals surface area contributed by atoms with Gasteiger partial charge >= 0.3 is 5.97 Å². The van der Waals surface area contributed by atoms with Crippen LogP contribution in [0.25, 0.3) is 0 Å². The minimum Gasteiger partial charge on any atom is -0.479 e. The van der Waals surface area contributed by atoms with Crippen LogP contribution in [0, 0.1) is 11.6 Å². The lowest BCUT2D eigenvalue weighted by atomic mass is 10.1. The number of hydrogen-bond donors (Lipinski definition) is 1. The van der Waals surface area contributed by atoms with E-state index in [9.17, 15) is 23.2 Å². The second-order valence-electron chi connectivity index (χ2n) is 6.27. The van der Waals surface area contributed by atoms with E-state index in [0.29, 0.717) is 12.5 Å². The molecule has 140 valence electrons. The molecule has 1 aromatic carbocycles. The first-order valence-corrected chi connectivity index (χ1v) is 8.28. The Morgan fingerprint density at radius 3 is 2.19 bits per heavy atom. The van der Waals surface area contributed by atoms with Crippen LogP contribution in [-0.2, 0) is 14.3 Å². The number of rotatable bonds is 3. The molecule has 2 saturated heterocycles. The zero-order valence-corrected chi connectivity index (χ0v) is 13.9. The Balaban J connectivity index is 1.56. The fraction of sp³-hybridized carbons (Fsp3) is 0.471. The average Bonchev–Trinajstić information content (AvgIpc) is 3.11. The lowest BCUT2D eigenvalue weighted by Gasteiger charge is -2.35. The number of halogens is 2. The number of nitrogens with zero attached hydrogens (tertiary/aromatic N) is 2. The molecule has 7 nitrogen and oxygen atoms in total. The zero-order valence-electron chi connectivity index (χ0n) is 13.9. The summed E-state index contributed by atoms with van der Waals surface area (Å²) in [5.41, 5.74) is -0.213. The Kier molecular flexibility index (Phi) is 5.17. The van der Waals surface area contributed by atoms with Gasteiger partial charge in [-0.25, -0.2) is 13.6 Å². The van der Waals surface area contributed by atoms with Gasteiger partial charge in [0, 0.05) is 32.2 Å². The second-order valence-corrected chi connectivity index (χ2v) is 6.27. The molecule has 9 heteroatoms. The van der Waals surface area contributed by atoms with Gasteiger partial charge in [0.25, 0.3) is 11.8 Å². The molecule has 3 rings (SSSR count). The summed E-state index contributed by atoms with van der Waals surface area (Å²) in [4.78, 5) is 38.6. The normalized spacial score (nSPS) is 23.2. The van der Waals surface area contributed by atoms with Crippen LogP contribution in [0.1, 0.15) is 23.2 Å². The van der Waals surface area contributed by atoms with Gasteiger partial charge in [-0.2, -0.15) is 0 Å². The van der Waals surface area contributed by atoms with Gasteiger partial charge in [-0.05, 0) is 25.0 Å². The van der Waals surface area contributed by atoms with E-state index in [1.165, 1.54) is 9.80 Å². The monoisotopic (exact) mass is 368 g/mol. The summed E-state index contributed by atoms with van der Waals surface area (Å²) >= 11 is 0. The number of carboxylic acids is 1. The predicted molar refractivity (Wildman–Crippen MR) is 84.4 cm³/mol. The van der Waals surface area contributed by atoms with E-state index >= 15 is 0 Å². The van der Waals surface area contributed by atoms with Crippen LogP contribution in [0.3, 0.4) is 0 Å². The first-order chi connectivity index (χ1) is 12.4. The maximum absolute atomic E-state index is 13.8. The fourth-order valence-corrected chi connectivity index (χ4v) is 3.17. The van der Waals surface area contributed by atoms with E-state index in [1.54, 1.807) is 0 Å². The first kappa shape index (κ1) is 18.2. The quantitative estimate of drug-likeness (QED) is 0.856. The number of carbonyl (C=O) groups excluding carboxylic acids is 2. The van der Waals surface area contributed by atoms with Crippen LogP contribution in [0.5, 0.6) is 0 Å². The lowest BCUT2D eigenvalue weighted by molar-refractivity contribution is -0.155. The zero-order chi connectivity index (χ0) is 18.8. The minimum atomic E-state index is -1.09. The highest BCUT2D eigenvalue weighted by atomic mass is 19.1. The first-order valence-electron chi connectivity index (χ1n) is 8.28. The lowest BCUT2D eigenvalue weighted by Crippen LogP contribution is -2.53. The third-order valence-electron chi connectivity index (χ3n) is 4.61. The molecule has 2 aliphatic rings. The Morgan fingerprint density at radius 1 is 1.00 bits per heavy atom. The van der Waals surface area contributed by atoms with E-state index in [0.717, 1.165) is 12.1 Å². The third kappa shape index (κ3) is 3.67. The SMILES string of the molecule is O=C(O)[C@H]1CC[C@@H](C(=O)N2CCN(C(=O)c3ccc(F)cc3F)CC2)O1. The number of aliphatic carboxylic acids is 1. The van der Waals surface area contributed by atoms with Crippen molar-refractivity contribution in [1.82, 2.24) is 9.80 Å². The molecule has 1 aromatic rings. The molecule has 0 unspecified atom stereocenters. The van der Waals surface area contributed by atoms with Gasteiger partial charge in [0.05, 0.1) is 5.56 Å². The number of ether oxygens (including phenoxy) is 1. The maximum Gasteiger partial charge on any atom is 0.332 e. The van der Waals surface area contributed by atoms with Gasteiger partial charge in [-0.15, -0.1) is 0 Å². The number of piperazine rings is 1. The largest absolute Gasteiger partial charge is 0.479 e. The highest BCUT2D eigenvalue weighted by Crippen LogP contribution is 2.22. The third-order valence-corrected chi connectivity index (χ3v) is 4.61. The number of hydrogen-bond acceptors (Lipinski definition) is 4. The van der Waals surface area contributed by atoms with Crippen molar-refractivity contribution in [2.75, 3.05) is 26.2 Å². The molecule has 2 aliphatic heterocycles. The van der Waals surface area contributed by atoms with E-state index < -0.39 is 35.7 Å². The van der Waals surface area contributed by atoms with Crippen LogP contribution < -0.4 is 0 Å². The molecule has 0 saturated carbocycles. The Bertz CT molecular complexity index is 734. The van der Waals surface area contributed by atoms with Gasteiger partial charge in [-0.3, -0.25) is 9.59 Å². The van der Waals surface area contributed by atoms with Crippen molar-refractivity contribution in [2.45, 2.75) is 25.0 Å². The number of amides is 2. The van der Waals surface area contributed by atoms with Gasteiger partial charge < -0.3 is 19.6 Å². The van der Waals surface area contributed by atoms with E-state index in [2.05, 4.69) is 0 Å². The Hall–Kier alpha value is -2.55. The summed E-state index contributed by atoms with van der Waals surface area (Å²) < 4.78 is 32.0. The van der Waals surface area contributed by atoms with Crippen LogP contribution in [0.15, 0.2) is 18.2 Å². The summed E-state index contributed by atoms with van der Waals surface area (Å²) in [6, 6.07) is 2.78. The minimum absolute atomic E-state index is 0.205. The maximum atomic E-state index is 13.8. The number of benzene rings is 1. The Morgan fingerprint density at radius 2 is 1.62 bits per heavy atom. The highest BCUT2D eigenvalue weighted by Gasteiger charge is 2.38. The van der Waals surface area contributed by atoms with Crippen molar-refractivity contribution in [3.05, 3.63) is 35.4 Å². The molecule has 0 aliphatic carbocycles. The summed E-state index contributed by atoms with van der Waals surface area (Å²) in [6.07, 6.45) is -1.12. The predicted octanol–water partition coefficient (Wildman–Crippen LogP) is 0.881. The smallest absolute Gasteiger partial charge is 0.332 e. The molecule has 0 spiro atoms. The van der Waals surface area contributed by atoms with E-state index in [4.69, 9.17) is 9.84 Å². The van der Waals surface area contributed by atoms with Crippen molar-refractivity contribution in [3.63, 3.8) is 0 Å². The standard InChI is InChI=1S/C17H18F2N2O5/c18-10-1-2-11(12(19)9-10)15(22)20-5-7-21(8-6-20)16(23)13-3-4-14(26-13)17(24)25/h1-2,9,13-14H,3-8H2,(H,24,25)/t13-,14+/m0/s1. The van der Waals surface area contributed by atoms with Crippen molar-refractivity contribution < 1.29 is 33.0 Å². The van der Waals surface area contributed by atoms with E-state index in [-0.39, 0.29) is 44.1 Å². The fourth-order valence-electron chi connectivity index (χ4n) is 3.17. The molecular formula is C17H18F2N2O5. The number of carboxylic acid groups (broad SMARTS) is 1. The average molecular weight is 368 g/mol. The molecule has 2 amide bonds. The molecule has 0 aromatic heterocycles. The van der Waals surface area contributed by atoms with Gasteiger partial charge in [-0.1, -0.05) is 0 Å². The molecule has 2 heterocycles. The number of carbonyl (C=O) groups is 3. The summed E-state index contributed by atoms with van der Waals surface area (Å²) in [6.45, 7) is 0.892. The van der Waals surface area contributed by atoms with Gasteiger partial charge in [0.15, 0.2) is 6.10 Å². The second kappa shape index (κ2) is 7.36. The van der Waals surface area contributed by atoms with Crippen LogP contribution in [0.2, 0.25) is 0 Å². The molecule has 26 heavy (non-hydrogen) atoms. The molecular weight excluding hydrogens is 350 g/mol. The highest BCUT2D eigenvalue weighted by molar-refractivity contribution is 5.94. The summed E-state index contributed by atoms with van der Waals surface area (Å²) in [7, 11) is 0. The van der Waals surface area contributed by atoms with Crippen LogP contribution in [0.4, 0.5) is 8.78 Å². The summed E-state index contributed by atoms with van der Waals surface area (Å²) in [5.74, 6) is -3.62. The molecule has 2 fully saturated rings. The van der Waals surface area contributed by atoms with Crippen molar-refractivity contribution >= 4 is 17.8 Å². The van der Waals surface area contributed by atoms with Crippen LogP contribution in [-0.4, -0.2) is 71.1 Å².